The summed E-state index contributed by atoms with van der Waals surface area (Å²) in [7, 11) is 0. The van der Waals surface area contributed by atoms with E-state index in [1.807, 2.05) is 34.6 Å². The molecule has 2 aromatic rings. The zero-order chi connectivity index (χ0) is 20.4. The van der Waals surface area contributed by atoms with E-state index in [2.05, 4.69) is 5.32 Å². The van der Waals surface area contributed by atoms with Gasteiger partial charge in [0, 0.05) is 17.5 Å². The summed E-state index contributed by atoms with van der Waals surface area (Å²) < 4.78 is 1.73. The Morgan fingerprint density at radius 1 is 1.25 bits per heavy atom. The minimum absolute atomic E-state index is 0.000774. The molecule has 2 heterocycles. The molecule has 0 aliphatic heterocycles. The van der Waals surface area contributed by atoms with E-state index in [0.29, 0.717) is 11.1 Å². The first-order valence-electron chi connectivity index (χ1n) is 10.3. The highest BCUT2D eigenvalue weighted by atomic mass is 32.2. The summed E-state index contributed by atoms with van der Waals surface area (Å²) in [6, 6.07) is -0.0102. The van der Waals surface area contributed by atoms with Gasteiger partial charge >= 0.3 is 0 Å². The predicted octanol–water partition coefficient (Wildman–Crippen LogP) is 4.83. The molecule has 1 atom stereocenters. The Hall–Kier alpha value is -1.34. The maximum atomic E-state index is 13.1. The van der Waals surface area contributed by atoms with Crippen LogP contribution in [0.5, 0.6) is 0 Å². The van der Waals surface area contributed by atoms with E-state index < -0.39 is 0 Å². The lowest BCUT2D eigenvalue weighted by molar-refractivity contribution is -0.120. The molecule has 0 saturated heterocycles. The van der Waals surface area contributed by atoms with Gasteiger partial charge in [-0.05, 0) is 58.9 Å². The Balaban J connectivity index is 1.79. The van der Waals surface area contributed by atoms with Crippen LogP contribution in [0, 0.1) is 19.8 Å². The molecule has 2 aromatic heterocycles. The van der Waals surface area contributed by atoms with E-state index >= 15 is 0 Å². The number of rotatable bonds is 6. The number of carbonyl (C=O) groups is 1. The second-order valence-electron chi connectivity index (χ2n) is 8.14. The summed E-state index contributed by atoms with van der Waals surface area (Å²) in [5.41, 5.74) is 1.01. The Morgan fingerprint density at radius 2 is 1.93 bits per heavy atom. The summed E-state index contributed by atoms with van der Waals surface area (Å²) in [4.78, 5) is 32.4. The number of aryl methyl sites for hydroxylation is 2. The first kappa shape index (κ1) is 21.4. The number of carbonyl (C=O) groups excluding carboxylic acids is 1. The molecule has 0 aromatic carbocycles. The standard InChI is InChI=1S/C21H31N3O2S2/c1-12(2)24-20(26)17-13(3)14(4)27-19(17)23-21(24)28-15(5)18(25)22-11-16-9-7-6-8-10-16/h12,15-16H,6-11H2,1-5H3,(H,22,25). The molecule has 1 amide bonds. The zero-order valence-corrected chi connectivity index (χ0v) is 19.1. The second-order valence-corrected chi connectivity index (χ2v) is 10.6. The quantitative estimate of drug-likeness (QED) is 0.536. The maximum Gasteiger partial charge on any atom is 0.263 e. The summed E-state index contributed by atoms with van der Waals surface area (Å²) in [6.07, 6.45) is 6.29. The van der Waals surface area contributed by atoms with Crippen molar-refractivity contribution in [3.63, 3.8) is 0 Å². The molecule has 1 saturated carbocycles. The number of nitrogens with zero attached hydrogens (tertiary/aromatic N) is 2. The van der Waals surface area contributed by atoms with Crippen molar-refractivity contribution >= 4 is 39.2 Å². The van der Waals surface area contributed by atoms with Gasteiger partial charge in [0.2, 0.25) is 5.91 Å². The van der Waals surface area contributed by atoms with Gasteiger partial charge in [-0.25, -0.2) is 4.98 Å². The molecule has 0 bridgehead atoms. The number of thiophene rings is 1. The number of amides is 1. The van der Waals surface area contributed by atoms with Gasteiger partial charge in [-0.2, -0.15) is 0 Å². The topological polar surface area (TPSA) is 64.0 Å². The Bertz CT molecular complexity index is 910. The minimum Gasteiger partial charge on any atom is -0.355 e. The molecule has 3 rings (SSSR count). The van der Waals surface area contributed by atoms with Crippen LogP contribution in [-0.4, -0.2) is 27.3 Å². The number of hydrogen-bond acceptors (Lipinski definition) is 5. The first-order chi connectivity index (χ1) is 13.3. The average Bonchev–Trinajstić information content (AvgIpc) is 2.94. The zero-order valence-electron chi connectivity index (χ0n) is 17.5. The third-order valence-electron chi connectivity index (χ3n) is 5.66. The van der Waals surface area contributed by atoms with Crippen molar-refractivity contribution in [1.29, 1.82) is 0 Å². The fraction of sp³-hybridized carbons (Fsp3) is 0.667. The van der Waals surface area contributed by atoms with Crippen molar-refractivity contribution in [3.05, 3.63) is 20.8 Å². The van der Waals surface area contributed by atoms with Crippen LogP contribution in [0.3, 0.4) is 0 Å². The van der Waals surface area contributed by atoms with Crippen LogP contribution < -0.4 is 10.9 Å². The summed E-state index contributed by atoms with van der Waals surface area (Å²) >= 11 is 2.94. The van der Waals surface area contributed by atoms with Crippen LogP contribution in [0.1, 0.15) is 69.4 Å². The average molecular weight is 422 g/mol. The molecule has 0 spiro atoms. The first-order valence-corrected chi connectivity index (χ1v) is 12.0. The van der Waals surface area contributed by atoms with Crippen molar-refractivity contribution in [2.24, 2.45) is 5.92 Å². The molecule has 1 unspecified atom stereocenters. The third kappa shape index (κ3) is 4.46. The molecule has 5 nitrogen and oxygen atoms in total. The molecule has 1 aliphatic rings. The number of fused-ring (bicyclic) bond motifs is 1. The van der Waals surface area contributed by atoms with Gasteiger partial charge in [-0.1, -0.05) is 31.0 Å². The van der Waals surface area contributed by atoms with Crippen LogP contribution in [0.15, 0.2) is 9.95 Å². The number of hydrogen-bond donors (Lipinski definition) is 1. The normalized spacial score (nSPS) is 16.6. The predicted molar refractivity (Wildman–Crippen MR) is 119 cm³/mol. The molecule has 154 valence electrons. The minimum atomic E-state index is -0.292. The fourth-order valence-corrected chi connectivity index (χ4v) is 5.95. The lowest BCUT2D eigenvalue weighted by Gasteiger charge is -2.23. The molecular weight excluding hydrogens is 390 g/mol. The smallest absolute Gasteiger partial charge is 0.263 e. The number of thioether (sulfide) groups is 1. The van der Waals surface area contributed by atoms with Crippen molar-refractivity contribution in [1.82, 2.24) is 14.9 Å². The van der Waals surface area contributed by atoms with Crippen LogP contribution in [0.4, 0.5) is 0 Å². The molecule has 1 fully saturated rings. The lowest BCUT2D eigenvalue weighted by atomic mass is 9.89. The van der Waals surface area contributed by atoms with Crippen LogP contribution in [-0.2, 0) is 4.79 Å². The summed E-state index contributed by atoms with van der Waals surface area (Å²) in [5.74, 6) is 0.633. The Labute approximate surface area is 175 Å². The van der Waals surface area contributed by atoms with E-state index in [1.165, 1.54) is 43.9 Å². The molecule has 1 aliphatic carbocycles. The molecule has 28 heavy (non-hydrogen) atoms. The lowest BCUT2D eigenvalue weighted by Crippen LogP contribution is -2.36. The molecule has 1 N–H and O–H groups in total. The van der Waals surface area contributed by atoms with Crippen LogP contribution in [0.25, 0.3) is 10.2 Å². The van der Waals surface area contributed by atoms with Gasteiger partial charge < -0.3 is 5.32 Å². The SMILES string of the molecule is Cc1sc2nc(SC(C)C(=O)NCC3CCCCC3)n(C(C)C)c(=O)c2c1C. The Morgan fingerprint density at radius 3 is 2.57 bits per heavy atom. The van der Waals surface area contributed by atoms with Gasteiger partial charge in [0.25, 0.3) is 5.56 Å². The summed E-state index contributed by atoms with van der Waals surface area (Å²) in [6.45, 7) is 10.6. The Kier molecular flexibility index (Phi) is 6.86. The van der Waals surface area contributed by atoms with Crippen molar-refractivity contribution in [3.8, 4) is 0 Å². The van der Waals surface area contributed by atoms with Crippen LogP contribution >= 0.6 is 23.1 Å². The van der Waals surface area contributed by atoms with Gasteiger partial charge in [0.1, 0.15) is 4.83 Å². The van der Waals surface area contributed by atoms with Gasteiger partial charge in [0.05, 0.1) is 10.6 Å². The number of aromatic nitrogens is 2. The van der Waals surface area contributed by atoms with E-state index in [4.69, 9.17) is 4.98 Å². The van der Waals surface area contributed by atoms with E-state index in [-0.39, 0.29) is 22.8 Å². The molecule has 0 radical (unpaired) electrons. The van der Waals surface area contributed by atoms with Crippen LogP contribution in [0.2, 0.25) is 0 Å². The van der Waals surface area contributed by atoms with E-state index in [9.17, 15) is 9.59 Å². The maximum absolute atomic E-state index is 13.1. The van der Waals surface area contributed by atoms with E-state index in [1.54, 1.807) is 15.9 Å². The van der Waals surface area contributed by atoms with Gasteiger partial charge in [-0.3, -0.25) is 14.2 Å². The third-order valence-corrected chi connectivity index (χ3v) is 7.83. The van der Waals surface area contributed by atoms with E-state index in [0.717, 1.165) is 27.2 Å². The number of nitrogens with one attached hydrogen (secondary N) is 1. The highest BCUT2D eigenvalue weighted by molar-refractivity contribution is 8.00. The van der Waals surface area contributed by atoms with Crippen molar-refractivity contribution in [2.45, 2.75) is 83.2 Å². The van der Waals surface area contributed by atoms with Crippen molar-refractivity contribution in [2.75, 3.05) is 6.54 Å². The highest BCUT2D eigenvalue weighted by Crippen LogP contribution is 2.31. The molecular formula is C21H31N3O2S2. The molecule has 7 heteroatoms. The fourth-order valence-electron chi connectivity index (χ4n) is 3.82. The highest BCUT2D eigenvalue weighted by Gasteiger charge is 2.23. The monoisotopic (exact) mass is 421 g/mol. The van der Waals surface area contributed by atoms with Crippen molar-refractivity contribution < 1.29 is 4.79 Å². The van der Waals surface area contributed by atoms with Gasteiger partial charge in [0.15, 0.2) is 5.16 Å². The largest absolute Gasteiger partial charge is 0.355 e. The summed E-state index contributed by atoms with van der Waals surface area (Å²) in [5, 5.41) is 4.17. The second kappa shape index (κ2) is 8.99. The van der Waals surface area contributed by atoms with Gasteiger partial charge in [-0.15, -0.1) is 11.3 Å².